The van der Waals surface area contributed by atoms with Gasteiger partial charge in [-0.1, -0.05) is 140 Å². The fourth-order valence-corrected chi connectivity index (χ4v) is 9.19. The first-order valence-corrected chi connectivity index (χ1v) is 18.7. The summed E-state index contributed by atoms with van der Waals surface area (Å²) in [5.74, 6) is 0. The number of hydrogen-bond acceptors (Lipinski definition) is 0. The molecule has 0 unspecified atom stereocenters. The topological polar surface area (TPSA) is 9.86 Å². The Morgan fingerprint density at radius 3 is 1.43 bits per heavy atom. The molecule has 0 aliphatic carbocycles. The van der Waals surface area contributed by atoms with Gasteiger partial charge in [0.2, 0.25) is 0 Å². The first kappa shape index (κ1) is 29.4. The fourth-order valence-electron chi connectivity index (χ4n) is 9.19. The van der Waals surface area contributed by atoms with Crippen LogP contribution < -0.4 is 0 Å². The first-order valence-electron chi connectivity index (χ1n) is 18.7. The molecule has 54 heavy (non-hydrogen) atoms. The van der Waals surface area contributed by atoms with Gasteiger partial charge >= 0.3 is 0 Å². The molecule has 0 spiro atoms. The van der Waals surface area contributed by atoms with Crippen LogP contribution in [0.15, 0.2) is 194 Å². The van der Waals surface area contributed by atoms with E-state index in [1.165, 1.54) is 109 Å². The monoisotopic (exact) mass is 684 g/mol. The number of nitrogens with zero attached hydrogens (tertiary/aromatic N) is 2. The van der Waals surface area contributed by atoms with Crippen LogP contribution in [0.2, 0.25) is 0 Å². The maximum Gasteiger partial charge on any atom is 0.0547 e. The lowest BCUT2D eigenvalue weighted by Gasteiger charge is -2.12. The summed E-state index contributed by atoms with van der Waals surface area (Å²) in [6.45, 7) is 0. The molecule has 0 aliphatic rings. The van der Waals surface area contributed by atoms with Crippen LogP contribution in [0.1, 0.15) is 0 Å². The molecular formula is C52H32N2. The Balaban J connectivity index is 1.09. The van der Waals surface area contributed by atoms with Crippen molar-refractivity contribution in [3.63, 3.8) is 0 Å². The van der Waals surface area contributed by atoms with Gasteiger partial charge in [0.25, 0.3) is 0 Å². The summed E-state index contributed by atoms with van der Waals surface area (Å²) in [5.41, 5.74) is 9.70. The largest absolute Gasteiger partial charge is 0.309 e. The molecule has 0 fully saturated rings. The van der Waals surface area contributed by atoms with Gasteiger partial charge in [-0.25, -0.2) is 0 Å². The van der Waals surface area contributed by atoms with E-state index in [2.05, 4.69) is 203 Å². The number of benzene rings is 10. The third-order valence-corrected chi connectivity index (χ3v) is 11.6. The molecule has 2 aromatic heterocycles. The third-order valence-electron chi connectivity index (χ3n) is 11.6. The average molecular weight is 685 g/mol. The highest BCUT2D eigenvalue weighted by Gasteiger charge is 2.18. The quantitative estimate of drug-likeness (QED) is 0.175. The summed E-state index contributed by atoms with van der Waals surface area (Å²) in [6, 6.07) is 71.6. The molecule has 0 saturated heterocycles. The van der Waals surface area contributed by atoms with Crippen LogP contribution in [0.4, 0.5) is 0 Å². The molecule has 2 heterocycles. The van der Waals surface area contributed by atoms with E-state index in [4.69, 9.17) is 0 Å². The van der Waals surface area contributed by atoms with Gasteiger partial charge < -0.3 is 9.13 Å². The van der Waals surface area contributed by atoms with E-state index in [-0.39, 0.29) is 0 Å². The Morgan fingerprint density at radius 1 is 0.259 bits per heavy atom. The smallest absolute Gasteiger partial charge is 0.0547 e. The van der Waals surface area contributed by atoms with Crippen molar-refractivity contribution in [1.29, 1.82) is 0 Å². The van der Waals surface area contributed by atoms with Gasteiger partial charge in [-0.3, -0.25) is 0 Å². The summed E-state index contributed by atoms with van der Waals surface area (Å²) in [6.07, 6.45) is 0. The fraction of sp³-hybridized carbons (Fsp3) is 0. The summed E-state index contributed by atoms with van der Waals surface area (Å²) < 4.78 is 4.89. The molecule has 0 N–H and O–H groups in total. The highest BCUT2D eigenvalue weighted by molar-refractivity contribution is 6.24. The van der Waals surface area contributed by atoms with Crippen molar-refractivity contribution in [3.8, 4) is 22.5 Å². The zero-order chi connectivity index (χ0) is 35.3. The molecule has 0 saturated carbocycles. The molecule has 2 nitrogen and oxygen atoms in total. The molecule has 0 amide bonds. The molecule has 0 atom stereocenters. The van der Waals surface area contributed by atoms with Crippen LogP contribution in [-0.4, -0.2) is 9.13 Å². The Labute approximate surface area is 311 Å². The second-order valence-electron chi connectivity index (χ2n) is 14.5. The maximum atomic E-state index is 2.46. The predicted molar refractivity (Wildman–Crippen MR) is 231 cm³/mol. The van der Waals surface area contributed by atoms with Crippen LogP contribution >= 0.6 is 0 Å². The number of aromatic nitrogens is 2. The second kappa shape index (κ2) is 11.2. The normalized spacial score (nSPS) is 12.1. The summed E-state index contributed by atoms with van der Waals surface area (Å²) in [7, 11) is 0. The Bertz CT molecular complexity index is 3500. The Morgan fingerprint density at radius 2 is 0.741 bits per heavy atom. The zero-order valence-corrected chi connectivity index (χ0v) is 29.4. The minimum atomic E-state index is 1.18. The van der Waals surface area contributed by atoms with E-state index >= 15 is 0 Å². The van der Waals surface area contributed by atoms with Gasteiger partial charge in [0.05, 0.1) is 27.8 Å². The van der Waals surface area contributed by atoms with E-state index in [0.717, 1.165) is 0 Å². The molecule has 10 aromatic carbocycles. The van der Waals surface area contributed by atoms with Crippen molar-refractivity contribution in [3.05, 3.63) is 194 Å². The summed E-state index contributed by atoms with van der Waals surface area (Å²) in [4.78, 5) is 0. The summed E-state index contributed by atoms with van der Waals surface area (Å²) >= 11 is 0. The SMILES string of the molecule is c1ccc2cc(-n3c4ccccc4c4c5cc(-c6ccc7ccc8c(c7c6)c6ccccc6n8-c6cccc7ccccc67)ccc5ccc43)ccc2c1. The number of fused-ring (bicyclic) bond motifs is 12. The standard InChI is InChI=1S/C52H32N2/c1-2-12-37-30-40(27-24-33(37)10-1)53-47-17-7-5-15-42(47)51-44-31-38(22-20-35(44)25-28-49(51)53)39-23-21-36-26-29-50-52(45(36)32-39)43-16-6-8-18-48(43)54(50)46-19-9-13-34-11-3-4-14-41(34)46/h1-32H. The van der Waals surface area contributed by atoms with E-state index in [1.54, 1.807) is 0 Å². The van der Waals surface area contributed by atoms with E-state index in [1.807, 2.05) is 0 Å². The molecule has 12 rings (SSSR count). The number of rotatable bonds is 3. The average Bonchev–Trinajstić information content (AvgIpc) is 3.76. The van der Waals surface area contributed by atoms with E-state index in [9.17, 15) is 0 Å². The Hall–Kier alpha value is -7.16. The van der Waals surface area contributed by atoms with Crippen LogP contribution in [0.25, 0.3) is 109 Å². The van der Waals surface area contributed by atoms with Crippen LogP contribution in [-0.2, 0) is 0 Å². The van der Waals surface area contributed by atoms with Gasteiger partial charge in [0.1, 0.15) is 0 Å². The lowest BCUT2D eigenvalue weighted by Crippen LogP contribution is -1.95. The summed E-state index contributed by atoms with van der Waals surface area (Å²) in [5, 5.41) is 15.1. The lowest BCUT2D eigenvalue weighted by molar-refractivity contribution is 1.19. The second-order valence-corrected chi connectivity index (χ2v) is 14.5. The van der Waals surface area contributed by atoms with Crippen molar-refractivity contribution < 1.29 is 0 Å². The first-order chi connectivity index (χ1) is 26.8. The van der Waals surface area contributed by atoms with E-state index in [0.29, 0.717) is 0 Å². The molecule has 12 aromatic rings. The lowest BCUT2D eigenvalue weighted by atomic mass is 9.95. The molecule has 0 radical (unpaired) electrons. The van der Waals surface area contributed by atoms with Crippen molar-refractivity contribution in [2.75, 3.05) is 0 Å². The van der Waals surface area contributed by atoms with Crippen LogP contribution in [0.3, 0.4) is 0 Å². The molecule has 2 heteroatoms. The molecule has 250 valence electrons. The van der Waals surface area contributed by atoms with Crippen molar-refractivity contribution in [2.45, 2.75) is 0 Å². The highest BCUT2D eigenvalue weighted by Crippen LogP contribution is 2.42. The highest BCUT2D eigenvalue weighted by atomic mass is 15.0. The molecular weight excluding hydrogens is 653 g/mol. The minimum absolute atomic E-state index is 1.18. The van der Waals surface area contributed by atoms with Gasteiger partial charge in [-0.2, -0.15) is 0 Å². The van der Waals surface area contributed by atoms with Crippen molar-refractivity contribution in [2.24, 2.45) is 0 Å². The van der Waals surface area contributed by atoms with Crippen LogP contribution in [0, 0.1) is 0 Å². The minimum Gasteiger partial charge on any atom is -0.309 e. The van der Waals surface area contributed by atoms with Crippen LogP contribution in [0.5, 0.6) is 0 Å². The maximum absolute atomic E-state index is 2.46. The Kier molecular flexibility index (Phi) is 6.09. The van der Waals surface area contributed by atoms with Gasteiger partial charge in [0.15, 0.2) is 0 Å². The third kappa shape index (κ3) is 4.17. The van der Waals surface area contributed by atoms with Gasteiger partial charge in [-0.15, -0.1) is 0 Å². The number of hydrogen-bond donors (Lipinski definition) is 0. The van der Waals surface area contributed by atoms with Crippen molar-refractivity contribution in [1.82, 2.24) is 9.13 Å². The molecule has 0 bridgehead atoms. The van der Waals surface area contributed by atoms with Gasteiger partial charge in [-0.05, 0) is 103 Å². The van der Waals surface area contributed by atoms with Gasteiger partial charge in [0, 0.05) is 32.6 Å². The predicted octanol–water partition coefficient (Wildman–Crippen LogP) is 14.2. The zero-order valence-electron chi connectivity index (χ0n) is 29.4. The number of para-hydroxylation sites is 2. The van der Waals surface area contributed by atoms with E-state index < -0.39 is 0 Å². The van der Waals surface area contributed by atoms with Crippen molar-refractivity contribution >= 4 is 86.7 Å². The molecule has 0 aliphatic heterocycles.